The molecule has 1 amide bonds. The molecule has 20 heavy (non-hydrogen) atoms. The number of benzene rings is 1. The number of nitrogens with zero attached hydrogens (tertiary/aromatic N) is 2. The quantitative estimate of drug-likeness (QED) is 0.628. The Bertz CT molecular complexity index is 440. The Morgan fingerprint density at radius 1 is 1.25 bits per heavy atom. The van der Waals surface area contributed by atoms with Crippen LogP contribution >= 0.6 is 0 Å². The minimum absolute atomic E-state index is 0.0166. The highest BCUT2D eigenvalue weighted by atomic mass is 16.2. The number of hydrogen-bond donors (Lipinski definition) is 2. The van der Waals surface area contributed by atoms with Crippen LogP contribution < -0.4 is 10.6 Å². The SMILES string of the molecule is CC(C)NC(=NCc1ccccc1)NCC(=O)N(C)C. The first-order chi connectivity index (χ1) is 9.49. The molecule has 1 aromatic carbocycles. The lowest BCUT2D eigenvalue weighted by Crippen LogP contribution is -2.45. The fourth-order valence-corrected chi connectivity index (χ4v) is 1.50. The summed E-state index contributed by atoms with van der Waals surface area (Å²) in [6.07, 6.45) is 0. The molecule has 5 heteroatoms. The van der Waals surface area contributed by atoms with E-state index < -0.39 is 0 Å². The summed E-state index contributed by atoms with van der Waals surface area (Å²) in [5, 5.41) is 6.26. The third kappa shape index (κ3) is 6.22. The first kappa shape index (κ1) is 16.0. The summed E-state index contributed by atoms with van der Waals surface area (Å²) >= 11 is 0. The van der Waals surface area contributed by atoms with Gasteiger partial charge in [0.15, 0.2) is 5.96 Å². The Balaban J connectivity index is 2.61. The Morgan fingerprint density at radius 2 is 1.90 bits per heavy atom. The van der Waals surface area contributed by atoms with Gasteiger partial charge < -0.3 is 15.5 Å². The van der Waals surface area contributed by atoms with Crippen LogP contribution in [0.15, 0.2) is 35.3 Å². The molecule has 0 heterocycles. The zero-order valence-electron chi connectivity index (χ0n) is 12.7. The van der Waals surface area contributed by atoms with Gasteiger partial charge in [0.25, 0.3) is 0 Å². The predicted octanol–water partition coefficient (Wildman–Crippen LogP) is 1.22. The smallest absolute Gasteiger partial charge is 0.241 e. The van der Waals surface area contributed by atoms with Gasteiger partial charge in [-0.2, -0.15) is 0 Å². The zero-order chi connectivity index (χ0) is 15.0. The van der Waals surface area contributed by atoms with Crippen molar-refractivity contribution in [3.05, 3.63) is 35.9 Å². The van der Waals surface area contributed by atoms with Crippen molar-refractivity contribution in [3.63, 3.8) is 0 Å². The molecule has 0 aliphatic carbocycles. The molecule has 0 spiro atoms. The van der Waals surface area contributed by atoms with Crippen molar-refractivity contribution in [2.24, 2.45) is 4.99 Å². The Kier molecular flexibility index (Phi) is 6.56. The molecule has 0 radical (unpaired) electrons. The number of hydrogen-bond acceptors (Lipinski definition) is 2. The van der Waals surface area contributed by atoms with Crippen molar-refractivity contribution in [1.29, 1.82) is 0 Å². The standard InChI is InChI=1S/C15H24N4O/c1-12(2)18-15(17-11-14(20)19(3)4)16-10-13-8-6-5-7-9-13/h5-9,12H,10-11H2,1-4H3,(H2,16,17,18). The third-order valence-electron chi connectivity index (χ3n) is 2.59. The zero-order valence-corrected chi connectivity index (χ0v) is 12.7. The van der Waals surface area contributed by atoms with Crippen molar-refractivity contribution >= 4 is 11.9 Å². The molecule has 0 aliphatic heterocycles. The highest BCUT2D eigenvalue weighted by molar-refractivity contribution is 5.86. The number of rotatable bonds is 5. The van der Waals surface area contributed by atoms with Crippen LogP contribution in [0.2, 0.25) is 0 Å². The second-order valence-corrected chi connectivity index (χ2v) is 5.09. The largest absolute Gasteiger partial charge is 0.354 e. The molecule has 0 atom stereocenters. The average Bonchev–Trinajstić information content (AvgIpc) is 2.42. The van der Waals surface area contributed by atoms with Crippen molar-refractivity contribution in [2.75, 3.05) is 20.6 Å². The molecule has 110 valence electrons. The average molecular weight is 276 g/mol. The second-order valence-electron chi connectivity index (χ2n) is 5.09. The van der Waals surface area contributed by atoms with Gasteiger partial charge in [0.05, 0.1) is 13.1 Å². The summed E-state index contributed by atoms with van der Waals surface area (Å²) < 4.78 is 0. The predicted molar refractivity (Wildman–Crippen MR) is 82.5 cm³/mol. The molecule has 0 unspecified atom stereocenters. The lowest BCUT2D eigenvalue weighted by Gasteiger charge is -2.16. The minimum atomic E-state index is 0.0166. The maximum absolute atomic E-state index is 11.6. The molecule has 0 aromatic heterocycles. The number of guanidine groups is 1. The molecule has 1 rings (SSSR count). The lowest BCUT2D eigenvalue weighted by atomic mass is 10.2. The van der Waals surface area contributed by atoms with Gasteiger partial charge in [-0.05, 0) is 19.4 Å². The topological polar surface area (TPSA) is 56.7 Å². The van der Waals surface area contributed by atoms with E-state index in [0.29, 0.717) is 12.5 Å². The number of likely N-dealkylation sites (N-methyl/N-ethyl adjacent to an activating group) is 1. The van der Waals surface area contributed by atoms with E-state index in [0.717, 1.165) is 5.56 Å². The molecular weight excluding hydrogens is 252 g/mol. The monoisotopic (exact) mass is 276 g/mol. The number of carbonyl (C=O) groups is 1. The molecule has 0 aliphatic rings. The van der Waals surface area contributed by atoms with Crippen LogP contribution in [-0.2, 0) is 11.3 Å². The van der Waals surface area contributed by atoms with Gasteiger partial charge >= 0.3 is 0 Å². The molecule has 0 saturated heterocycles. The molecule has 0 bridgehead atoms. The van der Waals surface area contributed by atoms with Gasteiger partial charge in [0.1, 0.15) is 0 Å². The van der Waals surface area contributed by atoms with E-state index in [2.05, 4.69) is 15.6 Å². The maximum Gasteiger partial charge on any atom is 0.241 e. The van der Waals surface area contributed by atoms with Crippen LogP contribution in [0.4, 0.5) is 0 Å². The van der Waals surface area contributed by atoms with Gasteiger partial charge in [-0.25, -0.2) is 4.99 Å². The molecule has 1 aromatic rings. The van der Waals surface area contributed by atoms with Crippen LogP contribution in [-0.4, -0.2) is 43.4 Å². The first-order valence-electron chi connectivity index (χ1n) is 6.78. The highest BCUT2D eigenvalue weighted by Gasteiger charge is 2.06. The van der Waals surface area contributed by atoms with Crippen molar-refractivity contribution in [1.82, 2.24) is 15.5 Å². The molecular formula is C15H24N4O. The normalized spacial score (nSPS) is 11.3. The first-order valence-corrected chi connectivity index (χ1v) is 6.78. The van der Waals surface area contributed by atoms with Gasteiger partial charge in [0.2, 0.25) is 5.91 Å². The van der Waals surface area contributed by atoms with Crippen molar-refractivity contribution in [2.45, 2.75) is 26.4 Å². The summed E-state index contributed by atoms with van der Waals surface area (Å²) in [6.45, 7) is 4.89. The van der Waals surface area contributed by atoms with Gasteiger partial charge in [-0.15, -0.1) is 0 Å². The summed E-state index contributed by atoms with van der Waals surface area (Å²) in [5.74, 6) is 0.669. The van der Waals surface area contributed by atoms with E-state index in [-0.39, 0.29) is 18.5 Å². The van der Waals surface area contributed by atoms with Gasteiger partial charge in [0, 0.05) is 20.1 Å². The van der Waals surface area contributed by atoms with Crippen LogP contribution in [0.5, 0.6) is 0 Å². The van der Waals surface area contributed by atoms with E-state index in [4.69, 9.17) is 0 Å². The molecule has 0 fully saturated rings. The van der Waals surface area contributed by atoms with E-state index in [9.17, 15) is 4.79 Å². The van der Waals surface area contributed by atoms with E-state index in [1.165, 1.54) is 0 Å². The van der Waals surface area contributed by atoms with Crippen molar-refractivity contribution in [3.8, 4) is 0 Å². The molecule has 2 N–H and O–H groups in total. The molecule has 5 nitrogen and oxygen atoms in total. The summed E-state index contributed by atoms with van der Waals surface area (Å²) in [6, 6.07) is 10.3. The number of amides is 1. The van der Waals surface area contributed by atoms with E-state index in [1.54, 1.807) is 19.0 Å². The molecule has 0 saturated carbocycles. The Labute approximate surface area is 121 Å². The van der Waals surface area contributed by atoms with Gasteiger partial charge in [-0.3, -0.25) is 4.79 Å². The Hall–Kier alpha value is -2.04. The third-order valence-corrected chi connectivity index (χ3v) is 2.59. The summed E-state index contributed by atoms with van der Waals surface area (Å²) in [4.78, 5) is 17.6. The second kappa shape index (κ2) is 8.19. The number of aliphatic imine (C=N–C) groups is 1. The van der Waals surface area contributed by atoms with Crippen molar-refractivity contribution < 1.29 is 4.79 Å². The fourth-order valence-electron chi connectivity index (χ4n) is 1.50. The maximum atomic E-state index is 11.6. The number of nitrogens with one attached hydrogen (secondary N) is 2. The highest BCUT2D eigenvalue weighted by Crippen LogP contribution is 1.99. The van der Waals surface area contributed by atoms with Crippen LogP contribution in [0.3, 0.4) is 0 Å². The van der Waals surface area contributed by atoms with E-state index in [1.807, 2.05) is 44.2 Å². The van der Waals surface area contributed by atoms with E-state index >= 15 is 0 Å². The minimum Gasteiger partial charge on any atom is -0.354 e. The van der Waals surface area contributed by atoms with Crippen LogP contribution in [0.1, 0.15) is 19.4 Å². The van der Waals surface area contributed by atoms with Gasteiger partial charge in [-0.1, -0.05) is 30.3 Å². The van der Waals surface area contributed by atoms with Crippen LogP contribution in [0, 0.1) is 0 Å². The summed E-state index contributed by atoms with van der Waals surface area (Å²) in [7, 11) is 3.47. The fraction of sp³-hybridized carbons (Fsp3) is 0.467. The van der Waals surface area contributed by atoms with Crippen LogP contribution in [0.25, 0.3) is 0 Å². The summed E-state index contributed by atoms with van der Waals surface area (Å²) in [5.41, 5.74) is 1.14. The Morgan fingerprint density at radius 3 is 2.45 bits per heavy atom. The number of carbonyl (C=O) groups excluding carboxylic acids is 1. The lowest BCUT2D eigenvalue weighted by molar-refractivity contribution is -0.127.